The monoisotopic (exact) mass is 308 g/mol. The number of amidine groups is 1. The van der Waals surface area contributed by atoms with Gasteiger partial charge in [0.25, 0.3) is 0 Å². The van der Waals surface area contributed by atoms with Crippen molar-refractivity contribution in [3.05, 3.63) is 58.9 Å². The largest absolute Gasteiger partial charge is 0.490 e. The first-order valence-corrected chi connectivity index (χ1v) is 6.60. The number of nitrogens with one attached hydrogen (secondary N) is 1. The lowest BCUT2D eigenvalue weighted by molar-refractivity contribution is 0.211. The van der Waals surface area contributed by atoms with Gasteiger partial charge in [-0.1, -0.05) is 17.7 Å². The molecule has 0 saturated heterocycles. The molecule has 0 aliphatic heterocycles. The zero-order chi connectivity index (χ0) is 15.2. The fourth-order valence-electron chi connectivity index (χ4n) is 1.64. The van der Waals surface area contributed by atoms with E-state index in [1.54, 1.807) is 30.3 Å². The number of rotatable bonds is 6. The summed E-state index contributed by atoms with van der Waals surface area (Å²) in [5.74, 6) is 0.138. The van der Waals surface area contributed by atoms with Crippen LogP contribution in [0.3, 0.4) is 0 Å². The number of halogens is 2. The van der Waals surface area contributed by atoms with Crippen molar-refractivity contribution in [2.75, 3.05) is 13.2 Å². The van der Waals surface area contributed by atoms with E-state index in [0.717, 1.165) is 0 Å². The molecule has 2 rings (SSSR count). The van der Waals surface area contributed by atoms with Crippen LogP contribution in [0.2, 0.25) is 5.02 Å². The van der Waals surface area contributed by atoms with E-state index in [1.807, 2.05) is 0 Å². The van der Waals surface area contributed by atoms with Crippen LogP contribution >= 0.6 is 11.6 Å². The Morgan fingerprint density at radius 3 is 2.43 bits per heavy atom. The highest BCUT2D eigenvalue weighted by molar-refractivity contribution is 6.30. The predicted octanol–water partition coefficient (Wildman–Crippen LogP) is 3.22. The SMILES string of the molecule is N=C(N)c1ccc(OCCOc2cccc(Cl)c2F)cc1. The van der Waals surface area contributed by atoms with E-state index >= 15 is 0 Å². The van der Waals surface area contributed by atoms with E-state index < -0.39 is 5.82 Å². The topological polar surface area (TPSA) is 68.3 Å². The van der Waals surface area contributed by atoms with Crippen LogP contribution in [0.4, 0.5) is 4.39 Å². The lowest BCUT2D eigenvalue weighted by Crippen LogP contribution is -2.11. The molecule has 0 spiro atoms. The molecule has 0 aliphatic rings. The standard InChI is InChI=1S/C15H14ClFN2O2/c16-12-2-1-3-13(14(12)17)21-9-8-20-11-6-4-10(5-7-11)15(18)19/h1-7H,8-9H2,(H3,18,19). The molecule has 21 heavy (non-hydrogen) atoms. The van der Waals surface area contributed by atoms with Crippen LogP contribution in [0.25, 0.3) is 0 Å². The maximum atomic E-state index is 13.5. The zero-order valence-electron chi connectivity index (χ0n) is 11.1. The second-order valence-corrected chi connectivity index (χ2v) is 4.59. The summed E-state index contributed by atoms with van der Waals surface area (Å²) in [6, 6.07) is 11.4. The fourth-order valence-corrected chi connectivity index (χ4v) is 1.80. The van der Waals surface area contributed by atoms with Crippen molar-refractivity contribution in [1.29, 1.82) is 5.41 Å². The van der Waals surface area contributed by atoms with Crippen LogP contribution in [-0.4, -0.2) is 19.0 Å². The third-order valence-corrected chi connectivity index (χ3v) is 2.98. The molecule has 110 valence electrons. The van der Waals surface area contributed by atoms with Crippen molar-refractivity contribution in [2.45, 2.75) is 0 Å². The highest BCUT2D eigenvalue weighted by atomic mass is 35.5. The third-order valence-electron chi connectivity index (χ3n) is 2.69. The predicted molar refractivity (Wildman–Crippen MR) is 79.9 cm³/mol. The Bertz CT molecular complexity index is 632. The fraction of sp³-hybridized carbons (Fsp3) is 0.133. The Labute approximate surface area is 126 Å². The van der Waals surface area contributed by atoms with Gasteiger partial charge in [-0.05, 0) is 36.4 Å². The van der Waals surface area contributed by atoms with Gasteiger partial charge in [0.2, 0.25) is 0 Å². The van der Waals surface area contributed by atoms with Crippen LogP contribution in [0.5, 0.6) is 11.5 Å². The molecule has 0 radical (unpaired) electrons. The Kier molecular flexibility index (Phi) is 5.00. The van der Waals surface area contributed by atoms with Gasteiger partial charge >= 0.3 is 0 Å². The van der Waals surface area contributed by atoms with Crippen molar-refractivity contribution in [3.8, 4) is 11.5 Å². The van der Waals surface area contributed by atoms with Crippen molar-refractivity contribution >= 4 is 17.4 Å². The molecule has 6 heteroatoms. The Morgan fingerprint density at radius 2 is 1.76 bits per heavy atom. The smallest absolute Gasteiger partial charge is 0.183 e. The number of benzene rings is 2. The molecular formula is C15H14ClFN2O2. The molecule has 3 N–H and O–H groups in total. The van der Waals surface area contributed by atoms with E-state index in [1.165, 1.54) is 12.1 Å². The molecule has 0 atom stereocenters. The van der Waals surface area contributed by atoms with Gasteiger partial charge in [-0.25, -0.2) is 4.39 Å². The summed E-state index contributed by atoms with van der Waals surface area (Å²) < 4.78 is 24.2. The quantitative estimate of drug-likeness (QED) is 0.489. The number of ether oxygens (including phenoxy) is 2. The Hall–Kier alpha value is -2.27. The van der Waals surface area contributed by atoms with Crippen LogP contribution < -0.4 is 15.2 Å². The Balaban J connectivity index is 1.82. The van der Waals surface area contributed by atoms with Gasteiger partial charge < -0.3 is 15.2 Å². The molecule has 2 aromatic carbocycles. The van der Waals surface area contributed by atoms with Gasteiger partial charge in [0, 0.05) is 5.56 Å². The van der Waals surface area contributed by atoms with Crippen LogP contribution in [0.1, 0.15) is 5.56 Å². The first kappa shape index (κ1) is 15.1. The van der Waals surface area contributed by atoms with Crippen LogP contribution in [0.15, 0.2) is 42.5 Å². The van der Waals surface area contributed by atoms with Crippen molar-refractivity contribution < 1.29 is 13.9 Å². The van der Waals surface area contributed by atoms with Crippen LogP contribution in [-0.2, 0) is 0 Å². The van der Waals surface area contributed by atoms with E-state index in [9.17, 15) is 4.39 Å². The minimum Gasteiger partial charge on any atom is -0.490 e. The molecule has 0 fully saturated rings. The Morgan fingerprint density at radius 1 is 1.10 bits per heavy atom. The molecule has 0 saturated carbocycles. The van der Waals surface area contributed by atoms with Gasteiger partial charge in [-0.2, -0.15) is 0 Å². The second-order valence-electron chi connectivity index (χ2n) is 4.19. The lowest BCUT2D eigenvalue weighted by Gasteiger charge is -2.09. The molecule has 0 aliphatic carbocycles. The van der Waals surface area contributed by atoms with Crippen molar-refractivity contribution in [3.63, 3.8) is 0 Å². The lowest BCUT2D eigenvalue weighted by atomic mass is 10.2. The van der Waals surface area contributed by atoms with Gasteiger partial charge in [0.1, 0.15) is 24.8 Å². The molecule has 4 nitrogen and oxygen atoms in total. The van der Waals surface area contributed by atoms with Gasteiger partial charge in [-0.3, -0.25) is 5.41 Å². The maximum absolute atomic E-state index is 13.5. The second kappa shape index (κ2) is 6.95. The molecular weight excluding hydrogens is 295 g/mol. The average Bonchev–Trinajstić information content (AvgIpc) is 2.48. The summed E-state index contributed by atoms with van der Waals surface area (Å²) in [6.45, 7) is 0.442. The summed E-state index contributed by atoms with van der Waals surface area (Å²) in [5.41, 5.74) is 5.98. The van der Waals surface area contributed by atoms with E-state index in [2.05, 4.69) is 0 Å². The summed E-state index contributed by atoms with van der Waals surface area (Å²) in [7, 11) is 0. The maximum Gasteiger partial charge on any atom is 0.183 e. The molecule has 0 bridgehead atoms. The number of nitrogens with two attached hydrogens (primary N) is 1. The zero-order valence-corrected chi connectivity index (χ0v) is 11.9. The van der Waals surface area contributed by atoms with E-state index in [4.69, 9.17) is 32.2 Å². The van der Waals surface area contributed by atoms with Crippen molar-refractivity contribution in [2.24, 2.45) is 5.73 Å². The number of hydrogen-bond acceptors (Lipinski definition) is 3. The number of nitrogen functional groups attached to an aromatic ring is 1. The minimum absolute atomic E-state index is 0.00122. The first-order valence-electron chi connectivity index (χ1n) is 6.22. The van der Waals surface area contributed by atoms with E-state index in [0.29, 0.717) is 11.3 Å². The van der Waals surface area contributed by atoms with Gasteiger partial charge in [0.05, 0.1) is 5.02 Å². The molecule has 0 aromatic heterocycles. The number of hydrogen-bond donors (Lipinski definition) is 2. The molecule has 0 amide bonds. The van der Waals surface area contributed by atoms with Crippen molar-refractivity contribution in [1.82, 2.24) is 0 Å². The van der Waals surface area contributed by atoms with Crippen LogP contribution in [0, 0.1) is 11.2 Å². The summed E-state index contributed by atoms with van der Waals surface area (Å²) in [5, 5.41) is 7.30. The average molecular weight is 309 g/mol. The first-order chi connectivity index (χ1) is 10.1. The van der Waals surface area contributed by atoms with E-state index in [-0.39, 0.29) is 29.8 Å². The molecule has 0 unspecified atom stereocenters. The summed E-state index contributed by atoms with van der Waals surface area (Å²) in [6.07, 6.45) is 0. The summed E-state index contributed by atoms with van der Waals surface area (Å²) >= 11 is 5.65. The minimum atomic E-state index is -0.579. The highest BCUT2D eigenvalue weighted by Crippen LogP contribution is 2.23. The summed E-state index contributed by atoms with van der Waals surface area (Å²) in [4.78, 5) is 0. The van der Waals surface area contributed by atoms with Gasteiger partial charge in [-0.15, -0.1) is 0 Å². The third kappa shape index (κ3) is 4.10. The van der Waals surface area contributed by atoms with Gasteiger partial charge in [0.15, 0.2) is 11.6 Å². The highest BCUT2D eigenvalue weighted by Gasteiger charge is 2.06. The molecule has 0 heterocycles. The normalized spacial score (nSPS) is 10.2. The molecule has 2 aromatic rings.